The van der Waals surface area contributed by atoms with Crippen LogP contribution in [0.3, 0.4) is 0 Å². The highest BCUT2D eigenvalue weighted by molar-refractivity contribution is 5.70. The molecular formula is C14H13FN4O2. The van der Waals surface area contributed by atoms with Crippen LogP contribution in [0.15, 0.2) is 40.2 Å². The second kappa shape index (κ2) is 5.01. The highest BCUT2D eigenvalue weighted by Crippen LogP contribution is 2.10. The zero-order valence-corrected chi connectivity index (χ0v) is 11.3. The minimum absolute atomic E-state index is 0.313. The molecular weight excluding hydrogens is 275 g/mol. The van der Waals surface area contributed by atoms with Gasteiger partial charge in [0.25, 0.3) is 5.56 Å². The van der Waals surface area contributed by atoms with E-state index in [2.05, 4.69) is 9.97 Å². The monoisotopic (exact) mass is 288 g/mol. The molecule has 0 fully saturated rings. The van der Waals surface area contributed by atoms with Crippen molar-refractivity contribution in [3.05, 3.63) is 62.8 Å². The summed E-state index contributed by atoms with van der Waals surface area (Å²) in [5, 5.41) is 0. The molecule has 1 N–H and O–H groups in total. The van der Waals surface area contributed by atoms with E-state index in [1.807, 2.05) is 0 Å². The molecule has 0 radical (unpaired) electrons. The highest BCUT2D eigenvalue weighted by Gasteiger charge is 2.12. The lowest BCUT2D eigenvalue weighted by Crippen LogP contribution is -2.30. The van der Waals surface area contributed by atoms with E-state index in [1.54, 1.807) is 23.6 Å². The minimum atomic E-state index is -0.473. The van der Waals surface area contributed by atoms with Gasteiger partial charge in [0.1, 0.15) is 5.82 Å². The van der Waals surface area contributed by atoms with Crippen LogP contribution in [0.2, 0.25) is 0 Å². The molecule has 0 aliphatic carbocycles. The fourth-order valence-corrected chi connectivity index (χ4v) is 2.32. The molecule has 0 saturated heterocycles. The van der Waals surface area contributed by atoms with Gasteiger partial charge in [-0.05, 0) is 24.6 Å². The van der Waals surface area contributed by atoms with E-state index in [0.29, 0.717) is 24.3 Å². The van der Waals surface area contributed by atoms with Gasteiger partial charge in [0.2, 0.25) is 0 Å². The molecule has 0 atom stereocenters. The third-order valence-corrected chi connectivity index (χ3v) is 3.34. The fraction of sp³-hybridized carbons (Fsp3) is 0.214. The Kier molecular flexibility index (Phi) is 3.17. The van der Waals surface area contributed by atoms with Crippen LogP contribution in [-0.2, 0) is 13.1 Å². The summed E-state index contributed by atoms with van der Waals surface area (Å²) in [6.45, 7) is 2.60. The molecule has 0 bridgehead atoms. The maximum atomic E-state index is 12.9. The Bertz CT molecular complexity index is 905. The molecule has 3 aromatic rings. The summed E-state index contributed by atoms with van der Waals surface area (Å²) in [6, 6.07) is 6.01. The van der Waals surface area contributed by atoms with Crippen molar-refractivity contribution in [1.29, 1.82) is 0 Å². The van der Waals surface area contributed by atoms with Crippen LogP contribution in [0.1, 0.15) is 12.5 Å². The lowest BCUT2D eigenvalue weighted by atomic mass is 10.2. The van der Waals surface area contributed by atoms with Crippen molar-refractivity contribution in [3.63, 3.8) is 0 Å². The standard InChI is InChI=1S/C14H13FN4O2/c1-2-19-12-11(13(20)17-14(19)21)18(8-16-12)7-9-3-5-10(15)6-4-9/h3-6,8H,2,7H2,1H3,(H,17,20,21). The molecule has 21 heavy (non-hydrogen) atoms. The number of imidazole rings is 1. The molecule has 0 unspecified atom stereocenters. The van der Waals surface area contributed by atoms with Crippen LogP contribution in [0, 0.1) is 5.82 Å². The number of nitrogens with one attached hydrogen (secondary N) is 1. The number of H-pyrrole nitrogens is 1. The van der Waals surface area contributed by atoms with E-state index in [-0.39, 0.29) is 5.82 Å². The van der Waals surface area contributed by atoms with Crippen molar-refractivity contribution in [1.82, 2.24) is 19.1 Å². The van der Waals surface area contributed by atoms with Gasteiger partial charge in [0.05, 0.1) is 6.33 Å². The fourth-order valence-electron chi connectivity index (χ4n) is 2.32. The molecule has 0 aliphatic rings. The van der Waals surface area contributed by atoms with Crippen molar-refractivity contribution in [2.75, 3.05) is 0 Å². The molecule has 6 nitrogen and oxygen atoms in total. The van der Waals surface area contributed by atoms with Gasteiger partial charge >= 0.3 is 5.69 Å². The predicted octanol–water partition coefficient (Wildman–Crippen LogP) is 1.09. The highest BCUT2D eigenvalue weighted by atomic mass is 19.1. The molecule has 0 amide bonds. The lowest BCUT2D eigenvalue weighted by Gasteiger charge is -2.05. The average Bonchev–Trinajstić information content (AvgIpc) is 2.86. The van der Waals surface area contributed by atoms with E-state index in [4.69, 9.17) is 0 Å². The summed E-state index contributed by atoms with van der Waals surface area (Å²) in [5.41, 5.74) is 0.583. The Labute approximate surface area is 118 Å². The molecule has 0 spiro atoms. The zero-order valence-electron chi connectivity index (χ0n) is 11.3. The maximum absolute atomic E-state index is 12.9. The Balaban J connectivity index is 2.14. The lowest BCUT2D eigenvalue weighted by molar-refractivity contribution is 0.626. The first-order valence-corrected chi connectivity index (χ1v) is 6.52. The van der Waals surface area contributed by atoms with Gasteiger partial charge in [0.15, 0.2) is 11.2 Å². The van der Waals surface area contributed by atoms with Gasteiger partial charge in [-0.15, -0.1) is 0 Å². The molecule has 0 saturated carbocycles. The van der Waals surface area contributed by atoms with Crippen LogP contribution in [-0.4, -0.2) is 19.1 Å². The Hall–Kier alpha value is -2.70. The molecule has 108 valence electrons. The summed E-state index contributed by atoms with van der Waals surface area (Å²) in [4.78, 5) is 30.2. The number of aryl methyl sites for hydroxylation is 1. The van der Waals surface area contributed by atoms with Crippen molar-refractivity contribution >= 4 is 11.2 Å². The summed E-state index contributed by atoms with van der Waals surface area (Å²) in [6.07, 6.45) is 1.51. The first-order valence-electron chi connectivity index (χ1n) is 6.52. The van der Waals surface area contributed by atoms with Crippen molar-refractivity contribution in [3.8, 4) is 0 Å². The van der Waals surface area contributed by atoms with Gasteiger partial charge in [-0.2, -0.15) is 0 Å². The molecule has 0 aliphatic heterocycles. The van der Waals surface area contributed by atoms with Crippen molar-refractivity contribution in [2.45, 2.75) is 20.0 Å². The van der Waals surface area contributed by atoms with E-state index < -0.39 is 11.2 Å². The number of hydrogen-bond acceptors (Lipinski definition) is 3. The van der Waals surface area contributed by atoms with Crippen LogP contribution in [0.25, 0.3) is 11.2 Å². The Morgan fingerprint density at radius 2 is 1.95 bits per heavy atom. The number of benzene rings is 1. The summed E-state index contributed by atoms with van der Waals surface area (Å²) < 4.78 is 16.0. The number of fused-ring (bicyclic) bond motifs is 1. The average molecular weight is 288 g/mol. The molecule has 1 aromatic carbocycles. The van der Waals surface area contributed by atoms with Gasteiger partial charge in [-0.3, -0.25) is 14.3 Å². The topological polar surface area (TPSA) is 72.7 Å². The quantitative estimate of drug-likeness (QED) is 0.784. The summed E-state index contributed by atoms with van der Waals surface area (Å²) in [7, 11) is 0. The van der Waals surface area contributed by atoms with Crippen LogP contribution < -0.4 is 11.2 Å². The number of aromatic nitrogens is 4. The maximum Gasteiger partial charge on any atom is 0.330 e. The first-order chi connectivity index (χ1) is 10.1. The number of halogens is 1. The van der Waals surface area contributed by atoms with Gasteiger partial charge in [0, 0.05) is 13.1 Å². The van der Waals surface area contributed by atoms with Crippen LogP contribution >= 0.6 is 0 Å². The molecule has 3 rings (SSSR count). The SMILES string of the molecule is CCn1c(=O)[nH]c(=O)c2c1ncn2Cc1ccc(F)cc1. The van der Waals surface area contributed by atoms with E-state index in [0.717, 1.165) is 5.56 Å². The van der Waals surface area contributed by atoms with Crippen molar-refractivity contribution in [2.24, 2.45) is 0 Å². The third-order valence-electron chi connectivity index (χ3n) is 3.34. The van der Waals surface area contributed by atoms with E-state index in [1.165, 1.54) is 23.0 Å². The molecule has 2 heterocycles. The Morgan fingerprint density at radius 1 is 1.24 bits per heavy atom. The number of rotatable bonds is 3. The molecule has 7 heteroatoms. The van der Waals surface area contributed by atoms with Gasteiger partial charge in [-0.25, -0.2) is 14.2 Å². The first kappa shape index (κ1) is 13.3. The summed E-state index contributed by atoms with van der Waals surface area (Å²) >= 11 is 0. The second-order valence-electron chi connectivity index (χ2n) is 4.67. The summed E-state index contributed by atoms with van der Waals surface area (Å²) in [5.74, 6) is -0.313. The van der Waals surface area contributed by atoms with Crippen LogP contribution in [0.4, 0.5) is 4.39 Å². The number of nitrogens with zero attached hydrogens (tertiary/aromatic N) is 3. The third kappa shape index (κ3) is 2.26. The van der Waals surface area contributed by atoms with Crippen molar-refractivity contribution < 1.29 is 4.39 Å². The second-order valence-corrected chi connectivity index (χ2v) is 4.67. The van der Waals surface area contributed by atoms with E-state index in [9.17, 15) is 14.0 Å². The molecule has 2 aromatic heterocycles. The van der Waals surface area contributed by atoms with Gasteiger partial charge < -0.3 is 4.57 Å². The number of aromatic amines is 1. The smallest absolute Gasteiger partial charge is 0.320 e. The van der Waals surface area contributed by atoms with Gasteiger partial charge in [-0.1, -0.05) is 12.1 Å². The largest absolute Gasteiger partial charge is 0.330 e. The number of hydrogen-bond donors (Lipinski definition) is 1. The zero-order chi connectivity index (χ0) is 15.0. The van der Waals surface area contributed by atoms with Crippen LogP contribution in [0.5, 0.6) is 0 Å². The Morgan fingerprint density at radius 3 is 2.62 bits per heavy atom. The predicted molar refractivity (Wildman–Crippen MR) is 75.8 cm³/mol. The van der Waals surface area contributed by atoms with E-state index >= 15 is 0 Å². The normalized spacial score (nSPS) is 11.1. The minimum Gasteiger partial charge on any atom is -0.320 e.